The summed E-state index contributed by atoms with van der Waals surface area (Å²) in [4.78, 5) is 23.5. The van der Waals surface area contributed by atoms with E-state index in [0.717, 1.165) is 0 Å². The van der Waals surface area contributed by atoms with Crippen molar-refractivity contribution in [3.63, 3.8) is 0 Å². The highest BCUT2D eigenvalue weighted by atomic mass is 35.5. The van der Waals surface area contributed by atoms with Gasteiger partial charge < -0.3 is 10.1 Å². The van der Waals surface area contributed by atoms with E-state index < -0.39 is 18.5 Å². The van der Waals surface area contributed by atoms with Crippen molar-refractivity contribution in [3.8, 4) is 0 Å². The van der Waals surface area contributed by atoms with Crippen LogP contribution < -0.4 is 5.32 Å². The number of nitrogens with one attached hydrogen (secondary N) is 1. The van der Waals surface area contributed by atoms with E-state index in [-0.39, 0.29) is 10.6 Å². The largest absolute Gasteiger partial charge is 0.452 e. The lowest BCUT2D eigenvalue weighted by Gasteiger charge is -2.08. The zero-order chi connectivity index (χ0) is 15.2. The van der Waals surface area contributed by atoms with Gasteiger partial charge in [0.05, 0.1) is 21.3 Å². The number of carbonyl (C=O) groups excluding carboxylic acids is 2. The third kappa shape index (κ3) is 4.21. The Kier molecular flexibility index (Phi) is 5.20. The third-order valence-electron chi connectivity index (χ3n) is 2.58. The molecule has 0 aliphatic rings. The normalized spacial score (nSPS) is 10.0. The Morgan fingerprint density at radius 2 is 1.57 bits per heavy atom. The second-order valence-electron chi connectivity index (χ2n) is 4.08. The van der Waals surface area contributed by atoms with Gasteiger partial charge in [0, 0.05) is 0 Å². The molecule has 0 saturated carbocycles. The average Bonchev–Trinajstić information content (AvgIpc) is 2.48. The van der Waals surface area contributed by atoms with E-state index in [1.165, 1.54) is 6.07 Å². The number of para-hydroxylation sites is 1. The number of esters is 1. The van der Waals surface area contributed by atoms with E-state index in [1.54, 1.807) is 42.5 Å². The quantitative estimate of drug-likeness (QED) is 0.871. The molecule has 2 aromatic carbocycles. The van der Waals surface area contributed by atoms with Gasteiger partial charge in [-0.1, -0.05) is 47.5 Å². The van der Waals surface area contributed by atoms with Crippen molar-refractivity contribution in [1.82, 2.24) is 0 Å². The van der Waals surface area contributed by atoms with Crippen LogP contribution in [0.5, 0.6) is 0 Å². The number of amides is 1. The summed E-state index contributed by atoms with van der Waals surface area (Å²) in [5.41, 5.74) is 0.669. The summed E-state index contributed by atoms with van der Waals surface area (Å²) in [6.07, 6.45) is 0. The SMILES string of the molecule is O=C(COC(=O)c1ccccc1Cl)Nc1ccccc1Cl. The number of carbonyl (C=O) groups is 2. The molecule has 0 unspecified atom stereocenters. The fraction of sp³-hybridized carbons (Fsp3) is 0.0667. The summed E-state index contributed by atoms with van der Waals surface area (Å²) < 4.78 is 4.90. The maximum atomic E-state index is 11.8. The molecule has 0 atom stereocenters. The maximum absolute atomic E-state index is 11.8. The molecule has 2 aromatic rings. The fourth-order valence-electron chi connectivity index (χ4n) is 1.58. The molecule has 0 spiro atoms. The highest BCUT2D eigenvalue weighted by Crippen LogP contribution is 2.20. The summed E-state index contributed by atoms with van der Waals surface area (Å²) >= 11 is 11.8. The third-order valence-corrected chi connectivity index (χ3v) is 3.24. The topological polar surface area (TPSA) is 55.4 Å². The molecule has 0 aromatic heterocycles. The molecular formula is C15H11Cl2NO3. The zero-order valence-electron chi connectivity index (χ0n) is 10.8. The molecule has 0 radical (unpaired) electrons. The molecule has 1 N–H and O–H groups in total. The van der Waals surface area contributed by atoms with Crippen LogP contribution in [-0.2, 0) is 9.53 Å². The van der Waals surface area contributed by atoms with Crippen molar-refractivity contribution in [2.75, 3.05) is 11.9 Å². The molecule has 0 aliphatic heterocycles. The molecule has 4 nitrogen and oxygen atoms in total. The lowest BCUT2D eigenvalue weighted by Crippen LogP contribution is -2.21. The van der Waals surface area contributed by atoms with Crippen LogP contribution in [0.2, 0.25) is 10.0 Å². The van der Waals surface area contributed by atoms with Gasteiger partial charge in [-0.2, -0.15) is 0 Å². The molecule has 2 rings (SSSR count). The predicted molar refractivity (Wildman–Crippen MR) is 81.8 cm³/mol. The highest BCUT2D eigenvalue weighted by Gasteiger charge is 2.13. The Morgan fingerprint density at radius 3 is 2.24 bits per heavy atom. The van der Waals surface area contributed by atoms with E-state index in [4.69, 9.17) is 27.9 Å². The van der Waals surface area contributed by atoms with Crippen molar-refractivity contribution in [2.45, 2.75) is 0 Å². The minimum atomic E-state index is -0.657. The van der Waals surface area contributed by atoms with Gasteiger partial charge in [-0.15, -0.1) is 0 Å². The van der Waals surface area contributed by atoms with Crippen molar-refractivity contribution in [2.24, 2.45) is 0 Å². The van der Waals surface area contributed by atoms with Gasteiger partial charge in [0.25, 0.3) is 5.91 Å². The fourth-order valence-corrected chi connectivity index (χ4v) is 1.98. The van der Waals surface area contributed by atoms with E-state index >= 15 is 0 Å². The number of ether oxygens (including phenoxy) is 1. The molecular weight excluding hydrogens is 313 g/mol. The van der Waals surface area contributed by atoms with E-state index in [0.29, 0.717) is 10.7 Å². The van der Waals surface area contributed by atoms with Gasteiger partial charge >= 0.3 is 5.97 Å². The second-order valence-corrected chi connectivity index (χ2v) is 4.90. The molecule has 0 bridgehead atoms. The van der Waals surface area contributed by atoms with Crippen LogP contribution in [-0.4, -0.2) is 18.5 Å². The zero-order valence-corrected chi connectivity index (χ0v) is 12.3. The maximum Gasteiger partial charge on any atom is 0.340 e. The Hall–Kier alpha value is -2.04. The molecule has 0 saturated heterocycles. The van der Waals surface area contributed by atoms with Crippen LogP contribution >= 0.6 is 23.2 Å². The second kappa shape index (κ2) is 7.11. The summed E-state index contributed by atoms with van der Waals surface area (Å²) in [6.45, 7) is -0.421. The molecule has 21 heavy (non-hydrogen) atoms. The minimum absolute atomic E-state index is 0.213. The molecule has 6 heteroatoms. The summed E-state index contributed by atoms with van der Waals surface area (Å²) in [5, 5.41) is 3.23. The first-order chi connectivity index (χ1) is 10.1. The van der Waals surface area contributed by atoms with Gasteiger partial charge in [-0.3, -0.25) is 4.79 Å². The first kappa shape index (κ1) is 15.4. The van der Waals surface area contributed by atoms with Gasteiger partial charge in [0.2, 0.25) is 0 Å². The van der Waals surface area contributed by atoms with Crippen LogP contribution in [0.25, 0.3) is 0 Å². The molecule has 0 fully saturated rings. The summed E-state index contributed by atoms with van der Waals surface area (Å²) in [5.74, 6) is -1.14. The lowest BCUT2D eigenvalue weighted by molar-refractivity contribution is -0.119. The standard InChI is InChI=1S/C15H11Cl2NO3/c16-11-6-2-1-5-10(11)15(20)21-9-14(19)18-13-8-4-3-7-12(13)17/h1-8H,9H2,(H,18,19). The van der Waals surface area contributed by atoms with Crippen molar-refractivity contribution in [1.29, 1.82) is 0 Å². The van der Waals surface area contributed by atoms with E-state index in [9.17, 15) is 9.59 Å². The molecule has 0 aliphatic carbocycles. The first-order valence-corrected chi connectivity index (χ1v) is 6.79. The van der Waals surface area contributed by atoms with Gasteiger partial charge in [-0.05, 0) is 24.3 Å². The smallest absolute Gasteiger partial charge is 0.340 e. The number of hydrogen-bond acceptors (Lipinski definition) is 3. The Labute approximate surface area is 131 Å². The average molecular weight is 324 g/mol. The van der Waals surface area contributed by atoms with Gasteiger partial charge in [0.15, 0.2) is 6.61 Å². The number of benzene rings is 2. The van der Waals surface area contributed by atoms with Crippen LogP contribution in [0.3, 0.4) is 0 Å². The predicted octanol–water partition coefficient (Wildman–Crippen LogP) is 3.79. The Bertz CT molecular complexity index is 673. The highest BCUT2D eigenvalue weighted by molar-refractivity contribution is 6.34. The van der Waals surface area contributed by atoms with Gasteiger partial charge in [-0.25, -0.2) is 4.79 Å². The Balaban J connectivity index is 1.91. The number of halogens is 2. The van der Waals surface area contributed by atoms with Crippen LogP contribution in [0.1, 0.15) is 10.4 Å². The van der Waals surface area contributed by atoms with E-state index in [1.807, 2.05) is 0 Å². The lowest BCUT2D eigenvalue weighted by atomic mass is 10.2. The minimum Gasteiger partial charge on any atom is -0.452 e. The Morgan fingerprint density at radius 1 is 0.952 bits per heavy atom. The monoisotopic (exact) mass is 323 g/mol. The molecule has 1 amide bonds. The summed E-state index contributed by atoms with van der Waals surface area (Å²) in [7, 11) is 0. The number of anilines is 1. The van der Waals surface area contributed by atoms with Crippen LogP contribution in [0, 0.1) is 0 Å². The summed E-state index contributed by atoms with van der Waals surface area (Å²) in [6, 6.07) is 13.2. The van der Waals surface area contributed by atoms with Crippen molar-refractivity contribution >= 4 is 40.8 Å². The molecule has 108 valence electrons. The number of rotatable bonds is 4. The van der Waals surface area contributed by atoms with Crippen LogP contribution in [0.4, 0.5) is 5.69 Å². The number of hydrogen-bond donors (Lipinski definition) is 1. The van der Waals surface area contributed by atoms with Crippen LogP contribution in [0.15, 0.2) is 48.5 Å². The van der Waals surface area contributed by atoms with Crippen molar-refractivity contribution in [3.05, 3.63) is 64.1 Å². The molecule has 0 heterocycles. The van der Waals surface area contributed by atoms with Gasteiger partial charge in [0.1, 0.15) is 0 Å². The first-order valence-electron chi connectivity index (χ1n) is 6.04. The van der Waals surface area contributed by atoms with E-state index in [2.05, 4.69) is 5.32 Å². The van der Waals surface area contributed by atoms with Crippen molar-refractivity contribution < 1.29 is 14.3 Å².